The zero-order valence-corrected chi connectivity index (χ0v) is 30.6. The van der Waals surface area contributed by atoms with Crippen molar-refractivity contribution in [2.75, 3.05) is 4.90 Å². The summed E-state index contributed by atoms with van der Waals surface area (Å²) in [5.41, 5.74) is 14.7. The summed E-state index contributed by atoms with van der Waals surface area (Å²) in [5.74, 6) is 1.98. The van der Waals surface area contributed by atoms with Crippen molar-refractivity contribution in [3.8, 4) is 50.8 Å². The summed E-state index contributed by atoms with van der Waals surface area (Å²) in [7, 11) is 0. The van der Waals surface area contributed by atoms with Crippen LogP contribution in [0.5, 0.6) is 5.75 Å². The lowest BCUT2D eigenvalue weighted by molar-refractivity contribution is 0.268. The molecular weight excluding hydrogens is 683 g/mol. The highest BCUT2D eigenvalue weighted by molar-refractivity contribution is 5.80. The van der Waals surface area contributed by atoms with Crippen molar-refractivity contribution < 1.29 is 4.74 Å². The molecule has 2 aliphatic carbocycles. The van der Waals surface area contributed by atoms with E-state index >= 15 is 0 Å². The third kappa shape index (κ3) is 5.53. The van der Waals surface area contributed by atoms with Crippen LogP contribution in [0.3, 0.4) is 0 Å². The Morgan fingerprint density at radius 2 is 1.11 bits per heavy atom. The highest BCUT2D eigenvalue weighted by atomic mass is 16.5. The first-order valence-corrected chi connectivity index (χ1v) is 19.4. The number of nitrogens with zero attached hydrogens (tertiary/aromatic N) is 3. The monoisotopic (exact) mass is 719 g/mol. The maximum Gasteiger partial charge on any atom is 0.160 e. The lowest BCUT2D eigenvalue weighted by Gasteiger charge is -2.30. The van der Waals surface area contributed by atoms with Gasteiger partial charge < -0.3 is 9.64 Å². The molecule has 56 heavy (non-hydrogen) atoms. The van der Waals surface area contributed by atoms with Crippen molar-refractivity contribution in [2.45, 2.75) is 24.0 Å². The van der Waals surface area contributed by atoms with E-state index in [9.17, 15) is 0 Å². The van der Waals surface area contributed by atoms with E-state index < -0.39 is 0 Å². The summed E-state index contributed by atoms with van der Waals surface area (Å²) < 4.78 is 6.63. The molecule has 2 aliphatic heterocycles. The van der Waals surface area contributed by atoms with Gasteiger partial charge in [-0.05, 0) is 70.3 Å². The van der Waals surface area contributed by atoms with Gasteiger partial charge in [0, 0.05) is 45.5 Å². The Balaban J connectivity index is 0.954. The second kappa shape index (κ2) is 13.4. The van der Waals surface area contributed by atoms with Crippen molar-refractivity contribution in [2.24, 2.45) is 0 Å². The molecule has 4 atom stereocenters. The maximum absolute atomic E-state index is 6.63. The van der Waals surface area contributed by atoms with Crippen LogP contribution in [0.4, 0.5) is 11.4 Å². The van der Waals surface area contributed by atoms with E-state index in [1.54, 1.807) is 0 Å². The molecule has 0 radical (unpaired) electrons. The van der Waals surface area contributed by atoms with Gasteiger partial charge in [-0.1, -0.05) is 158 Å². The summed E-state index contributed by atoms with van der Waals surface area (Å²) in [4.78, 5) is 12.7. The van der Waals surface area contributed by atoms with Crippen LogP contribution in [-0.2, 0) is 0 Å². The van der Waals surface area contributed by atoms with E-state index in [-0.39, 0.29) is 24.0 Å². The first-order chi connectivity index (χ1) is 27.7. The molecule has 0 amide bonds. The van der Waals surface area contributed by atoms with Crippen molar-refractivity contribution in [1.82, 2.24) is 9.97 Å². The van der Waals surface area contributed by atoms with Crippen LogP contribution in [0.25, 0.3) is 45.0 Å². The molecule has 0 bridgehead atoms. The quantitative estimate of drug-likeness (QED) is 0.171. The number of para-hydroxylation sites is 2. The third-order valence-electron chi connectivity index (χ3n) is 11.6. The zero-order chi connectivity index (χ0) is 37.0. The first kappa shape index (κ1) is 32.4. The Hall–Kier alpha value is -7.04. The summed E-state index contributed by atoms with van der Waals surface area (Å²) in [6.07, 6.45) is 14.0. The van der Waals surface area contributed by atoms with Gasteiger partial charge in [0.15, 0.2) is 5.82 Å². The van der Waals surface area contributed by atoms with Gasteiger partial charge >= 0.3 is 0 Å². The number of hydrogen-bond acceptors (Lipinski definition) is 4. The van der Waals surface area contributed by atoms with Gasteiger partial charge in [0.1, 0.15) is 11.9 Å². The topological polar surface area (TPSA) is 38.3 Å². The number of ether oxygens (including phenoxy) is 1. The van der Waals surface area contributed by atoms with E-state index in [1.165, 1.54) is 39.2 Å². The molecule has 0 saturated carbocycles. The number of aromatic nitrogens is 2. The molecule has 11 rings (SSSR count). The molecule has 0 N–H and O–H groups in total. The van der Waals surface area contributed by atoms with Crippen LogP contribution < -0.4 is 9.64 Å². The number of hydrogen-bond donors (Lipinski definition) is 0. The Bertz CT molecular complexity index is 2690. The summed E-state index contributed by atoms with van der Waals surface area (Å²) in [6.45, 7) is 0. The fraction of sp³-hybridized carbons (Fsp3) is 0.0769. The number of rotatable bonds is 6. The highest BCUT2D eigenvalue weighted by Crippen LogP contribution is 2.51. The molecule has 266 valence electrons. The van der Waals surface area contributed by atoms with Crippen LogP contribution in [-0.4, -0.2) is 22.1 Å². The van der Waals surface area contributed by atoms with E-state index in [1.807, 2.05) is 12.1 Å². The predicted molar refractivity (Wildman–Crippen MR) is 227 cm³/mol. The summed E-state index contributed by atoms with van der Waals surface area (Å²) in [6, 6.07) is 57.7. The average molecular weight is 720 g/mol. The number of anilines is 2. The number of allylic oxidation sites excluding steroid dienone is 4. The second-order valence-corrected chi connectivity index (χ2v) is 14.8. The minimum absolute atomic E-state index is 0.0564. The molecule has 0 saturated heterocycles. The Morgan fingerprint density at radius 1 is 0.500 bits per heavy atom. The van der Waals surface area contributed by atoms with Crippen LogP contribution in [0.15, 0.2) is 211 Å². The fourth-order valence-corrected chi connectivity index (χ4v) is 8.95. The van der Waals surface area contributed by atoms with Gasteiger partial charge in [-0.15, -0.1) is 0 Å². The minimum Gasteiger partial charge on any atom is -0.485 e. The highest BCUT2D eigenvalue weighted by Gasteiger charge is 2.40. The Kier molecular flexibility index (Phi) is 7.73. The van der Waals surface area contributed by atoms with Gasteiger partial charge in [0.25, 0.3) is 0 Å². The molecule has 0 fully saturated rings. The molecular formula is C52H37N3O. The summed E-state index contributed by atoms with van der Waals surface area (Å²) >= 11 is 0. The van der Waals surface area contributed by atoms with Crippen LogP contribution in [0.2, 0.25) is 0 Å². The van der Waals surface area contributed by atoms with E-state index in [0.717, 1.165) is 39.4 Å². The second-order valence-electron chi connectivity index (χ2n) is 14.8. The van der Waals surface area contributed by atoms with Gasteiger partial charge in [-0.25, -0.2) is 9.97 Å². The zero-order valence-electron chi connectivity index (χ0n) is 30.6. The van der Waals surface area contributed by atoms with E-state index in [2.05, 4.69) is 193 Å². The van der Waals surface area contributed by atoms with Crippen molar-refractivity contribution in [1.29, 1.82) is 0 Å². The molecule has 7 aromatic rings. The van der Waals surface area contributed by atoms with E-state index in [4.69, 9.17) is 14.7 Å². The molecule has 4 nitrogen and oxygen atoms in total. The number of fused-ring (bicyclic) bond motifs is 6. The Morgan fingerprint density at radius 3 is 1.86 bits per heavy atom. The molecule has 0 spiro atoms. The molecule has 4 unspecified atom stereocenters. The minimum atomic E-state index is -0.0564. The SMILES string of the molecule is C1=CC2Oc3cccc(-c4cccc(-c5nc(-c6ccccc6)cc(-c6ccccc6)n5)c4)c3C2C=C1C1=CC2c3ccccc3N(c3ccccc3)C2C=C1. The van der Waals surface area contributed by atoms with Crippen molar-refractivity contribution in [3.63, 3.8) is 0 Å². The third-order valence-corrected chi connectivity index (χ3v) is 11.6. The Labute approximate surface area is 327 Å². The fourth-order valence-electron chi connectivity index (χ4n) is 8.95. The maximum atomic E-state index is 6.63. The van der Waals surface area contributed by atoms with Crippen molar-refractivity contribution in [3.05, 3.63) is 223 Å². The molecule has 1 aromatic heterocycles. The largest absolute Gasteiger partial charge is 0.485 e. The van der Waals surface area contributed by atoms with Crippen molar-refractivity contribution >= 4 is 11.4 Å². The first-order valence-electron chi connectivity index (χ1n) is 19.4. The normalized spacial score (nSPS) is 20.0. The smallest absolute Gasteiger partial charge is 0.160 e. The summed E-state index contributed by atoms with van der Waals surface area (Å²) in [5, 5.41) is 0. The lowest BCUT2D eigenvalue weighted by Crippen LogP contribution is -2.29. The average Bonchev–Trinajstić information content (AvgIpc) is 3.82. The van der Waals surface area contributed by atoms with E-state index in [0.29, 0.717) is 5.82 Å². The molecule has 6 aromatic carbocycles. The van der Waals surface area contributed by atoms with Gasteiger partial charge in [0.05, 0.1) is 17.4 Å². The van der Waals surface area contributed by atoms with Crippen LogP contribution >= 0.6 is 0 Å². The molecule has 3 heterocycles. The van der Waals surface area contributed by atoms with Gasteiger partial charge in [-0.3, -0.25) is 0 Å². The standard InChI is InChI=1S/C52H37N3O/c1-4-14-34(15-5-1)45-33-46(35-16-6-2-7-17-35)54-52(53-45)39-19-12-18-38(30-39)41-23-13-25-50-51(41)44-32-37(27-29-49(44)56-50)36-26-28-48-43(31-36)42-22-10-11-24-47(42)55(48)40-20-8-3-9-21-40/h1-33,43-44,48-49H. The molecule has 4 aliphatic rings. The molecule has 4 heteroatoms. The number of benzene rings is 6. The predicted octanol–water partition coefficient (Wildman–Crippen LogP) is 12.3. The van der Waals surface area contributed by atoms with Gasteiger partial charge in [0.2, 0.25) is 0 Å². The van der Waals surface area contributed by atoms with Crippen LogP contribution in [0.1, 0.15) is 23.0 Å². The lowest BCUT2D eigenvalue weighted by atomic mass is 9.80. The van der Waals surface area contributed by atoms with Crippen LogP contribution in [0, 0.1) is 0 Å². The van der Waals surface area contributed by atoms with Gasteiger partial charge in [-0.2, -0.15) is 0 Å².